The maximum atomic E-state index is 0. The van der Waals surface area contributed by atoms with E-state index in [0.717, 1.165) is 0 Å². The molecule has 7 nitrogen and oxygen atoms in total. The summed E-state index contributed by atoms with van der Waals surface area (Å²) < 4.78 is 0. The Morgan fingerprint density at radius 3 is 0.333 bits per heavy atom. The van der Waals surface area contributed by atoms with E-state index in [2.05, 4.69) is 0 Å². The van der Waals surface area contributed by atoms with Gasteiger partial charge in [-0.05, 0) is 0 Å². The first-order valence-electron chi connectivity index (χ1n) is 0. The van der Waals surface area contributed by atoms with Gasteiger partial charge in [0.05, 0.1) is 0 Å². The molecule has 0 heterocycles. The zero-order valence-corrected chi connectivity index (χ0v) is 13.4. The van der Waals surface area contributed by atoms with Crippen molar-refractivity contribution < 1.29 is 67.9 Å². The van der Waals surface area contributed by atoms with Gasteiger partial charge in [0.2, 0.25) is 0 Å². The molecule has 0 amide bonds. The summed E-state index contributed by atoms with van der Waals surface area (Å²) in [4.78, 5) is 0. The Morgan fingerprint density at radius 1 is 0.333 bits per heavy atom. The molecule has 12 heteroatoms. The maximum absolute atomic E-state index is 0. The van der Waals surface area contributed by atoms with Gasteiger partial charge in [-0.3, -0.25) is 0 Å². The van der Waals surface area contributed by atoms with Crippen LogP contribution >= 0.6 is 0 Å². The molecule has 0 unspecified atom stereocenters. The third-order valence-corrected chi connectivity index (χ3v) is 0. The van der Waals surface area contributed by atoms with Crippen LogP contribution in [-0.2, 0) is 38.3 Å². The van der Waals surface area contributed by atoms with Crippen LogP contribution in [0.1, 0.15) is 0 Å². The monoisotopic (exact) mass is 242 g/mol. The SMILES string of the molecule is [Na+].[Na].[O-2].[O-2].[O-2].[O-2].[O-2].[O-2].[O-2].[Si].[Si].[Si]. The average molecular weight is 242 g/mol. The first kappa shape index (κ1) is 457. The fourth-order valence-electron chi connectivity index (χ4n) is 0. The molecular formula is Na2O7Si3-13. The Kier molecular flexibility index (Phi) is 13900. The quantitative estimate of drug-likeness (QED) is 0.365. The standard InChI is InChI=1S/2Na.7O.3Si/q;+1;7*-2;;;. The van der Waals surface area contributed by atoms with Crippen molar-refractivity contribution in [2.24, 2.45) is 0 Å². The Hall–Kier alpha value is 2.37. The minimum Gasteiger partial charge on any atom is -2.00 e. The van der Waals surface area contributed by atoms with E-state index in [-0.39, 0.29) is 130 Å². The molecule has 0 aromatic rings. The molecule has 69 valence electrons. The van der Waals surface area contributed by atoms with Crippen molar-refractivity contribution >= 4 is 62.5 Å². The van der Waals surface area contributed by atoms with Crippen LogP contribution in [0.5, 0.6) is 0 Å². The van der Waals surface area contributed by atoms with Crippen molar-refractivity contribution in [1.29, 1.82) is 0 Å². The van der Waals surface area contributed by atoms with Gasteiger partial charge in [0.25, 0.3) is 0 Å². The molecule has 0 aliphatic heterocycles. The molecule has 0 spiro atoms. The largest absolute Gasteiger partial charge is 2.00 e. The Morgan fingerprint density at radius 2 is 0.333 bits per heavy atom. The molecule has 0 atom stereocenters. The molecule has 12 heavy (non-hydrogen) atoms. The summed E-state index contributed by atoms with van der Waals surface area (Å²) in [7, 11) is 0. The maximum Gasteiger partial charge on any atom is 1.00 e. The van der Waals surface area contributed by atoms with Crippen LogP contribution in [0.2, 0.25) is 0 Å². The van der Waals surface area contributed by atoms with E-state index < -0.39 is 0 Å². The Bertz CT molecular complexity index is 16.6. The van der Waals surface area contributed by atoms with E-state index in [0.29, 0.717) is 0 Å². The van der Waals surface area contributed by atoms with Crippen LogP contribution < -0.4 is 29.6 Å². The van der Waals surface area contributed by atoms with Crippen molar-refractivity contribution in [3.8, 4) is 0 Å². The first-order valence-corrected chi connectivity index (χ1v) is 0. The summed E-state index contributed by atoms with van der Waals surface area (Å²) >= 11 is 0. The second kappa shape index (κ2) is 364. The number of rotatable bonds is 0. The van der Waals surface area contributed by atoms with Gasteiger partial charge in [-0.25, -0.2) is 0 Å². The molecule has 0 aromatic heterocycles. The molecule has 0 aliphatic carbocycles. The smallest absolute Gasteiger partial charge is 1.00 e. The zero-order valence-electron chi connectivity index (χ0n) is 6.36. The van der Waals surface area contributed by atoms with Crippen LogP contribution in [0.4, 0.5) is 0 Å². The minimum atomic E-state index is 0. The summed E-state index contributed by atoms with van der Waals surface area (Å²) in [6.45, 7) is 0. The number of hydrogen-bond donors (Lipinski definition) is 0. The molecule has 0 bridgehead atoms. The summed E-state index contributed by atoms with van der Waals surface area (Å²) in [6, 6.07) is 0. The molecule has 0 rings (SSSR count). The molecule has 0 aliphatic rings. The summed E-state index contributed by atoms with van der Waals surface area (Å²) in [5.74, 6) is 0. The molecule has 0 saturated heterocycles. The van der Waals surface area contributed by atoms with E-state index in [9.17, 15) is 0 Å². The average Bonchev–Trinajstić information content (AvgIpc) is 0. The first-order chi connectivity index (χ1) is 0. The van der Waals surface area contributed by atoms with Gasteiger partial charge in [0.1, 0.15) is 0 Å². The van der Waals surface area contributed by atoms with Crippen molar-refractivity contribution in [2.75, 3.05) is 0 Å². The number of hydrogen-bond acceptors (Lipinski definition) is 0. The van der Waals surface area contributed by atoms with Crippen LogP contribution in [-0.4, -0.2) is 62.5 Å². The van der Waals surface area contributed by atoms with Crippen molar-refractivity contribution in [3.63, 3.8) is 0 Å². The summed E-state index contributed by atoms with van der Waals surface area (Å²) in [5.41, 5.74) is 0. The minimum absolute atomic E-state index is 0. The van der Waals surface area contributed by atoms with Gasteiger partial charge in [0.15, 0.2) is 0 Å². The fraction of sp³-hybridized carbons (Fsp3) is 0. The molecule has 13 radical (unpaired) electrons. The second-order valence-electron chi connectivity index (χ2n) is 0. The van der Waals surface area contributed by atoms with Crippen LogP contribution in [0.3, 0.4) is 0 Å². The molecule has 0 aromatic carbocycles. The van der Waals surface area contributed by atoms with Crippen LogP contribution in [0.15, 0.2) is 0 Å². The second-order valence-corrected chi connectivity index (χ2v) is 0. The molecular weight excluding hydrogens is 242 g/mol. The molecule has 0 N–H and O–H groups in total. The van der Waals surface area contributed by atoms with Gasteiger partial charge < -0.3 is 38.3 Å². The van der Waals surface area contributed by atoms with E-state index in [4.69, 9.17) is 0 Å². The van der Waals surface area contributed by atoms with Crippen LogP contribution in [0.25, 0.3) is 0 Å². The van der Waals surface area contributed by atoms with E-state index in [1.165, 1.54) is 0 Å². The Balaban J connectivity index is 0. The van der Waals surface area contributed by atoms with Crippen molar-refractivity contribution in [1.82, 2.24) is 0 Å². The summed E-state index contributed by atoms with van der Waals surface area (Å²) in [6.07, 6.45) is 0. The molecule has 0 saturated carbocycles. The third kappa shape index (κ3) is 285. The van der Waals surface area contributed by atoms with Crippen LogP contribution in [0, 0.1) is 0 Å². The van der Waals surface area contributed by atoms with Gasteiger partial charge in [0, 0.05) is 62.5 Å². The van der Waals surface area contributed by atoms with Gasteiger partial charge in [-0.15, -0.1) is 0 Å². The fourth-order valence-corrected chi connectivity index (χ4v) is 0. The molecule has 0 fully saturated rings. The van der Waals surface area contributed by atoms with Gasteiger partial charge >= 0.3 is 29.6 Å². The third-order valence-electron chi connectivity index (χ3n) is 0. The van der Waals surface area contributed by atoms with Crippen molar-refractivity contribution in [3.05, 3.63) is 0 Å². The zero-order chi connectivity index (χ0) is 0. The van der Waals surface area contributed by atoms with E-state index in [1.807, 2.05) is 0 Å². The van der Waals surface area contributed by atoms with Crippen molar-refractivity contribution in [2.45, 2.75) is 0 Å². The van der Waals surface area contributed by atoms with Gasteiger partial charge in [-0.2, -0.15) is 0 Å². The summed E-state index contributed by atoms with van der Waals surface area (Å²) in [5, 5.41) is 0. The van der Waals surface area contributed by atoms with Gasteiger partial charge in [-0.1, -0.05) is 0 Å². The predicted octanol–water partition coefficient (Wildman–Crippen LogP) is -5.35. The van der Waals surface area contributed by atoms with E-state index in [1.54, 1.807) is 0 Å². The van der Waals surface area contributed by atoms with E-state index >= 15 is 0 Å². The topological polar surface area (TPSA) is 200 Å². The predicted molar refractivity (Wildman–Crippen MR) is 27.8 cm³/mol. The Labute approximate surface area is 129 Å². The normalized spacial score (nSPS) is 0.